The third-order valence-corrected chi connectivity index (χ3v) is 2.29. The molecule has 0 spiro atoms. The van der Waals surface area contributed by atoms with Crippen LogP contribution in [0.25, 0.3) is 0 Å². The molecule has 0 aromatic carbocycles. The molecule has 1 aromatic heterocycles. The molecule has 0 atom stereocenters. The highest BCUT2D eigenvalue weighted by atomic mass is 35.6. The summed E-state index contributed by atoms with van der Waals surface area (Å²) in [5, 5.41) is 5.39. The Morgan fingerprint density at radius 2 is 2.38 bits per heavy atom. The summed E-state index contributed by atoms with van der Waals surface area (Å²) in [6.07, 6.45) is 0.479. The molecule has 1 aromatic rings. The Balaban J connectivity index is 2.68. The average Bonchev–Trinajstić information content (AvgIpc) is 2.58. The first kappa shape index (κ1) is 13.5. The molecular formula is C7H6Cl3N3O2S. The van der Waals surface area contributed by atoms with Gasteiger partial charge < -0.3 is 10.6 Å². The fourth-order valence-electron chi connectivity index (χ4n) is 0.709. The van der Waals surface area contributed by atoms with Crippen LogP contribution in [0.5, 0.6) is 0 Å². The van der Waals surface area contributed by atoms with E-state index in [4.69, 9.17) is 45.4 Å². The summed E-state index contributed by atoms with van der Waals surface area (Å²) in [5.41, 5.74) is 5.71. The summed E-state index contributed by atoms with van der Waals surface area (Å²) in [5.74, 6) is 0. The van der Waals surface area contributed by atoms with Crippen molar-refractivity contribution in [1.29, 1.82) is 0 Å². The number of aldehydes is 1. The highest BCUT2D eigenvalue weighted by molar-refractivity contribution is 7.13. The highest BCUT2D eigenvalue weighted by Gasteiger charge is 2.20. The molecule has 88 valence electrons. The number of carbonyl (C=O) groups excluding carboxylic acids is 1. The van der Waals surface area contributed by atoms with Crippen LogP contribution in [0.3, 0.4) is 0 Å². The fourth-order valence-corrected chi connectivity index (χ4v) is 1.41. The number of nitrogens with two attached hydrogens (primary N) is 1. The van der Waals surface area contributed by atoms with Gasteiger partial charge in [0.05, 0.1) is 0 Å². The van der Waals surface area contributed by atoms with Gasteiger partial charge in [-0.05, 0) is 0 Å². The molecule has 0 amide bonds. The fraction of sp³-hybridized carbons (Fsp3) is 0.286. The number of rotatable bonds is 4. The quantitative estimate of drug-likeness (QED) is 0.399. The lowest BCUT2D eigenvalue weighted by Gasteiger charge is -2.07. The van der Waals surface area contributed by atoms with Crippen LogP contribution in [0.15, 0.2) is 10.5 Å². The van der Waals surface area contributed by atoms with Crippen molar-refractivity contribution < 1.29 is 9.63 Å². The number of aromatic nitrogens is 1. The SMILES string of the molecule is Nc1nc(C(C=O)=NOCC(Cl)(Cl)Cl)cs1. The molecule has 9 heteroatoms. The topological polar surface area (TPSA) is 77.6 Å². The minimum atomic E-state index is -1.58. The van der Waals surface area contributed by atoms with Crippen LogP contribution in [-0.4, -0.2) is 27.4 Å². The van der Waals surface area contributed by atoms with Gasteiger partial charge in [0.2, 0.25) is 3.79 Å². The molecule has 5 nitrogen and oxygen atoms in total. The zero-order valence-corrected chi connectivity index (χ0v) is 10.8. The summed E-state index contributed by atoms with van der Waals surface area (Å²) in [4.78, 5) is 19.2. The van der Waals surface area contributed by atoms with Crippen molar-refractivity contribution in [2.45, 2.75) is 3.79 Å². The summed E-state index contributed by atoms with van der Waals surface area (Å²) in [6.45, 7) is -0.269. The first-order chi connectivity index (χ1) is 7.42. The minimum absolute atomic E-state index is 0.0119. The number of oxime groups is 1. The minimum Gasteiger partial charge on any atom is -0.391 e. The Morgan fingerprint density at radius 1 is 1.69 bits per heavy atom. The second kappa shape index (κ2) is 5.67. The molecule has 0 aliphatic rings. The van der Waals surface area contributed by atoms with Gasteiger partial charge in [0, 0.05) is 5.38 Å². The van der Waals surface area contributed by atoms with Crippen molar-refractivity contribution >= 4 is 63.3 Å². The number of hydrogen-bond acceptors (Lipinski definition) is 6. The maximum atomic E-state index is 10.7. The summed E-state index contributed by atoms with van der Waals surface area (Å²) >= 11 is 17.5. The number of anilines is 1. The van der Waals surface area contributed by atoms with E-state index >= 15 is 0 Å². The Hall–Kier alpha value is -0.560. The van der Waals surface area contributed by atoms with E-state index in [1.54, 1.807) is 5.38 Å². The third kappa shape index (κ3) is 4.52. The third-order valence-electron chi connectivity index (χ3n) is 1.29. The Bertz CT molecular complexity index is 402. The van der Waals surface area contributed by atoms with Crippen molar-refractivity contribution in [3.05, 3.63) is 11.1 Å². The molecule has 1 heterocycles. The zero-order chi connectivity index (χ0) is 12.2. The number of thiazole rings is 1. The molecule has 0 saturated carbocycles. The van der Waals surface area contributed by atoms with Crippen LogP contribution in [0.2, 0.25) is 0 Å². The van der Waals surface area contributed by atoms with Crippen LogP contribution in [0.4, 0.5) is 5.13 Å². The maximum Gasteiger partial charge on any atom is 0.226 e. The summed E-state index contributed by atoms with van der Waals surface area (Å²) < 4.78 is -1.58. The van der Waals surface area contributed by atoms with Crippen LogP contribution in [0.1, 0.15) is 5.69 Å². The lowest BCUT2D eigenvalue weighted by Crippen LogP contribution is -2.12. The molecule has 2 N–H and O–H groups in total. The van der Waals surface area contributed by atoms with E-state index in [0.29, 0.717) is 17.1 Å². The zero-order valence-electron chi connectivity index (χ0n) is 7.69. The van der Waals surface area contributed by atoms with Gasteiger partial charge in [0.25, 0.3) is 0 Å². The Morgan fingerprint density at radius 3 is 2.81 bits per heavy atom. The van der Waals surface area contributed by atoms with Crippen LogP contribution in [-0.2, 0) is 9.63 Å². The van der Waals surface area contributed by atoms with E-state index in [-0.39, 0.29) is 12.3 Å². The van der Waals surface area contributed by atoms with Gasteiger partial charge in [-0.3, -0.25) is 4.79 Å². The molecule has 0 saturated heterocycles. The molecule has 0 aliphatic heterocycles. The number of hydrogen-bond donors (Lipinski definition) is 1. The predicted molar refractivity (Wildman–Crippen MR) is 65.4 cm³/mol. The molecule has 0 bridgehead atoms. The van der Waals surface area contributed by atoms with Crippen molar-refractivity contribution in [1.82, 2.24) is 4.98 Å². The Labute approximate surface area is 110 Å². The monoisotopic (exact) mass is 301 g/mol. The number of nitrogen functional groups attached to an aromatic ring is 1. The van der Waals surface area contributed by atoms with Gasteiger partial charge in [0.1, 0.15) is 5.69 Å². The maximum absolute atomic E-state index is 10.7. The van der Waals surface area contributed by atoms with E-state index in [1.807, 2.05) is 0 Å². The van der Waals surface area contributed by atoms with Gasteiger partial charge in [0.15, 0.2) is 23.7 Å². The second-order valence-electron chi connectivity index (χ2n) is 2.55. The molecule has 1 rings (SSSR count). The normalized spacial score (nSPS) is 12.6. The standard InChI is InChI=1S/C7H6Cl3N3O2S/c8-7(9,10)3-15-13-4(1-14)5-2-16-6(11)12-5/h1-2H,3H2,(H2,11,12). The van der Waals surface area contributed by atoms with Crippen molar-refractivity contribution in [3.8, 4) is 0 Å². The van der Waals surface area contributed by atoms with Crippen LogP contribution in [0, 0.1) is 0 Å². The number of carbonyl (C=O) groups is 1. The molecule has 0 fully saturated rings. The van der Waals surface area contributed by atoms with Gasteiger partial charge in [-0.2, -0.15) is 0 Å². The predicted octanol–water partition coefficient (Wildman–Crippen LogP) is 2.02. The van der Waals surface area contributed by atoms with E-state index < -0.39 is 3.79 Å². The van der Waals surface area contributed by atoms with Gasteiger partial charge in [-0.1, -0.05) is 40.0 Å². The van der Waals surface area contributed by atoms with Crippen molar-refractivity contribution in [2.75, 3.05) is 12.3 Å². The molecule has 0 radical (unpaired) electrons. The molecular weight excluding hydrogens is 297 g/mol. The van der Waals surface area contributed by atoms with E-state index in [0.717, 1.165) is 0 Å². The number of alkyl halides is 3. The van der Waals surface area contributed by atoms with Gasteiger partial charge in [-0.15, -0.1) is 11.3 Å². The Kier molecular flexibility index (Phi) is 4.79. The molecule has 16 heavy (non-hydrogen) atoms. The van der Waals surface area contributed by atoms with Crippen LogP contribution >= 0.6 is 46.1 Å². The summed E-state index contributed by atoms with van der Waals surface area (Å²) in [7, 11) is 0. The summed E-state index contributed by atoms with van der Waals surface area (Å²) in [6, 6.07) is 0. The molecule has 0 aliphatic carbocycles. The van der Waals surface area contributed by atoms with Crippen molar-refractivity contribution in [3.63, 3.8) is 0 Å². The first-order valence-electron chi connectivity index (χ1n) is 3.85. The van der Waals surface area contributed by atoms with E-state index in [9.17, 15) is 4.79 Å². The largest absolute Gasteiger partial charge is 0.391 e. The number of halogens is 3. The lowest BCUT2D eigenvalue weighted by molar-refractivity contribution is -0.102. The smallest absolute Gasteiger partial charge is 0.226 e. The first-order valence-corrected chi connectivity index (χ1v) is 5.87. The highest BCUT2D eigenvalue weighted by Crippen LogP contribution is 2.26. The van der Waals surface area contributed by atoms with Crippen molar-refractivity contribution in [2.24, 2.45) is 5.16 Å². The van der Waals surface area contributed by atoms with E-state index in [2.05, 4.69) is 10.1 Å². The van der Waals surface area contributed by atoms with Gasteiger partial charge in [-0.25, -0.2) is 4.98 Å². The second-order valence-corrected chi connectivity index (χ2v) is 5.96. The van der Waals surface area contributed by atoms with Gasteiger partial charge >= 0.3 is 0 Å². The average molecular weight is 303 g/mol. The van der Waals surface area contributed by atoms with Crippen LogP contribution < -0.4 is 5.73 Å². The lowest BCUT2D eigenvalue weighted by atomic mass is 10.3. The molecule has 0 unspecified atom stereocenters. The van der Waals surface area contributed by atoms with E-state index in [1.165, 1.54) is 11.3 Å². The number of nitrogens with zero attached hydrogens (tertiary/aromatic N) is 2.